The maximum Gasteiger partial charge on any atom is 0.124 e. The molecule has 0 amide bonds. The van der Waals surface area contributed by atoms with Crippen LogP contribution in [0.2, 0.25) is 0 Å². The fourth-order valence-corrected chi connectivity index (χ4v) is 2.96. The Hall–Kier alpha value is -1.36. The summed E-state index contributed by atoms with van der Waals surface area (Å²) in [5.41, 5.74) is 3.37. The van der Waals surface area contributed by atoms with Crippen molar-refractivity contribution in [3.8, 4) is 5.75 Å². The van der Waals surface area contributed by atoms with Crippen molar-refractivity contribution in [1.82, 2.24) is 5.32 Å². The lowest BCUT2D eigenvalue weighted by Crippen LogP contribution is -2.26. The molecule has 0 aromatic heterocycles. The number of ether oxygens (including phenoxy) is 1. The van der Waals surface area contributed by atoms with Crippen LogP contribution >= 0.6 is 15.9 Å². The van der Waals surface area contributed by atoms with Crippen molar-refractivity contribution in [3.05, 3.63) is 63.6 Å². The lowest BCUT2D eigenvalue weighted by atomic mass is 10.00. The van der Waals surface area contributed by atoms with Crippen LogP contribution in [0.25, 0.3) is 0 Å². The first-order valence-corrected chi connectivity index (χ1v) is 7.90. The van der Waals surface area contributed by atoms with E-state index >= 15 is 0 Å². The second-order valence-electron chi connectivity index (χ2n) is 5.23. The highest BCUT2D eigenvalue weighted by Crippen LogP contribution is 2.34. The van der Waals surface area contributed by atoms with Crippen molar-refractivity contribution in [2.75, 3.05) is 6.61 Å². The van der Waals surface area contributed by atoms with E-state index in [2.05, 4.69) is 39.4 Å². The van der Waals surface area contributed by atoms with Gasteiger partial charge in [0.25, 0.3) is 0 Å². The molecule has 1 heterocycles. The summed E-state index contributed by atoms with van der Waals surface area (Å²) in [6.07, 6.45) is 0.970. The number of aliphatic hydroxyl groups excluding tert-OH is 1. The molecule has 3 nitrogen and oxygen atoms in total. The van der Waals surface area contributed by atoms with E-state index in [-0.39, 0.29) is 6.61 Å². The Morgan fingerprint density at radius 3 is 2.67 bits per heavy atom. The van der Waals surface area contributed by atoms with E-state index in [9.17, 15) is 0 Å². The summed E-state index contributed by atoms with van der Waals surface area (Å²) >= 11 is 3.52. The summed E-state index contributed by atoms with van der Waals surface area (Å²) in [5, 5.41) is 12.7. The van der Waals surface area contributed by atoms with Gasteiger partial charge in [-0.2, -0.15) is 0 Å². The Labute approximate surface area is 133 Å². The molecular formula is C17H18BrNO2. The third-order valence-corrected chi connectivity index (χ3v) is 4.26. The molecule has 1 aliphatic rings. The van der Waals surface area contributed by atoms with Crippen molar-refractivity contribution >= 4 is 15.9 Å². The van der Waals surface area contributed by atoms with E-state index in [4.69, 9.17) is 9.84 Å². The molecule has 0 bridgehead atoms. The van der Waals surface area contributed by atoms with E-state index in [0.29, 0.717) is 6.04 Å². The van der Waals surface area contributed by atoms with Crippen LogP contribution in [0.4, 0.5) is 0 Å². The van der Waals surface area contributed by atoms with Gasteiger partial charge in [-0.25, -0.2) is 0 Å². The smallest absolute Gasteiger partial charge is 0.124 e. The second kappa shape index (κ2) is 6.60. The van der Waals surface area contributed by atoms with Crippen LogP contribution < -0.4 is 10.1 Å². The van der Waals surface area contributed by atoms with Gasteiger partial charge in [0, 0.05) is 29.0 Å². The Bertz CT molecular complexity index is 613. The average Bonchev–Trinajstić information content (AvgIpc) is 2.53. The first-order chi connectivity index (χ1) is 10.3. The molecule has 2 aromatic carbocycles. The summed E-state index contributed by atoms with van der Waals surface area (Å²) in [7, 11) is 0. The highest BCUT2D eigenvalue weighted by atomic mass is 79.9. The van der Waals surface area contributed by atoms with Gasteiger partial charge in [-0.1, -0.05) is 40.2 Å². The topological polar surface area (TPSA) is 41.5 Å². The average molecular weight is 348 g/mol. The molecule has 3 rings (SSSR count). The first-order valence-electron chi connectivity index (χ1n) is 7.10. The normalized spacial score (nSPS) is 17.1. The quantitative estimate of drug-likeness (QED) is 0.888. The molecule has 0 aliphatic carbocycles. The largest absolute Gasteiger partial charge is 0.493 e. The third-order valence-electron chi connectivity index (χ3n) is 3.77. The number of hydrogen-bond donors (Lipinski definition) is 2. The number of hydrogen-bond acceptors (Lipinski definition) is 3. The van der Waals surface area contributed by atoms with Crippen LogP contribution in [0.3, 0.4) is 0 Å². The fraction of sp³-hybridized carbons (Fsp3) is 0.294. The van der Waals surface area contributed by atoms with Crippen LogP contribution in [0.15, 0.2) is 46.9 Å². The Morgan fingerprint density at radius 1 is 1.14 bits per heavy atom. The highest BCUT2D eigenvalue weighted by Gasteiger charge is 2.21. The summed E-state index contributed by atoms with van der Waals surface area (Å²) in [6.45, 7) is 1.65. The Morgan fingerprint density at radius 2 is 1.90 bits per heavy atom. The van der Waals surface area contributed by atoms with Crippen LogP contribution in [-0.2, 0) is 13.2 Å². The van der Waals surface area contributed by atoms with E-state index in [1.165, 1.54) is 11.1 Å². The SMILES string of the molecule is OCc1ccc(CNC2CCOc3ccc(Br)cc32)cc1. The molecule has 0 fully saturated rings. The van der Waals surface area contributed by atoms with E-state index in [1.54, 1.807) is 0 Å². The number of rotatable bonds is 4. The molecule has 110 valence electrons. The number of aliphatic hydroxyl groups is 1. The maximum absolute atomic E-state index is 9.06. The zero-order chi connectivity index (χ0) is 14.7. The third kappa shape index (κ3) is 3.46. The Balaban J connectivity index is 1.70. The predicted octanol–water partition coefficient (Wildman–Crippen LogP) is 3.55. The summed E-state index contributed by atoms with van der Waals surface area (Å²) in [4.78, 5) is 0. The minimum atomic E-state index is 0.0923. The van der Waals surface area contributed by atoms with Gasteiger partial charge in [-0.15, -0.1) is 0 Å². The second-order valence-corrected chi connectivity index (χ2v) is 6.14. The summed E-state index contributed by atoms with van der Waals surface area (Å²) in [5.74, 6) is 0.970. The predicted molar refractivity (Wildman–Crippen MR) is 86.2 cm³/mol. The number of nitrogens with one attached hydrogen (secondary N) is 1. The van der Waals surface area contributed by atoms with Gasteiger partial charge in [0.15, 0.2) is 0 Å². The molecule has 0 radical (unpaired) electrons. The summed E-state index contributed by atoms with van der Waals surface area (Å²) in [6, 6.07) is 14.5. The van der Waals surface area contributed by atoms with Gasteiger partial charge in [-0.05, 0) is 29.3 Å². The molecule has 4 heteroatoms. The molecule has 0 saturated carbocycles. The van der Waals surface area contributed by atoms with Gasteiger partial charge in [0.05, 0.1) is 13.2 Å². The Kier molecular flexibility index (Phi) is 4.58. The first kappa shape index (κ1) is 14.6. The van der Waals surface area contributed by atoms with E-state index in [1.807, 2.05) is 24.3 Å². The van der Waals surface area contributed by atoms with Crippen molar-refractivity contribution in [1.29, 1.82) is 0 Å². The van der Waals surface area contributed by atoms with Gasteiger partial charge in [-0.3, -0.25) is 0 Å². The van der Waals surface area contributed by atoms with E-state index in [0.717, 1.165) is 35.4 Å². The molecule has 1 unspecified atom stereocenters. The summed E-state index contributed by atoms with van der Waals surface area (Å²) < 4.78 is 6.78. The molecule has 0 saturated heterocycles. The molecule has 2 N–H and O–H groups in total. The van der Waals surface area contributed by atoms with Gasteiger partial charge in [0.2, 0.25) is 0 Å². The highest BCUT2D eigenvalue weighted by molar-refractivity contribution is 9.10. The van der Waals surface area contributed by atoms with Crippen LogP contribution in [0, 0.1) is 0 Å². The van der Waals surface area contributed by atoms with Gasteiger partial charge >= 0.3 is 0 Å². The molecule has 1 atom stereocenters. The van der Waals surface area contributed by atoms with Crippen molar-refractivity contribution in [2.24, 2.45) is 0 Å². The maximum atomic E-state index is 9.06. The van der Waals surface area contributed by atoms with Gasteiger partial charge in [0.1, 0.15) is 5.75 Å². The molecule has 21 heavy (non-hydrogen) atoms. The zero-order valence-electron chi connectivity index (χ0n) is 11.7. The van der Waals surface area contributed by atoms with Crippen LogP contribution in [-0.4, -0.2) is 11.7 Å². The lowest BCUT2D eigenvalue weighted by Gasteiger charge is -2.27. The molecule has 2 aromatic rings. The monoisotopic (exact) mass is 347 g/mol. The van der Waals surface area contributed by atoms with Crippen LogP contribution in [0.1, 0.15) is 29.2 Å². The molecular weight excluding hydrogens is 330 g/mol. The number of halogens is 1. The van der Waals surface area contributed by atoms with Crippen molar-refractivity contribution < 1.29 is 9.84 Å². The minimum Gasteiger partial charge on any atom is -0.493 e. The van der Waals surface area contributed by atoms with E-state index < -0.39 is 0 Å². The zero-order valence-corrected chi connectivity index (χ0v) is 13.3. The standard InChI is InChI=1S/C17H18BrNO2/c18-14-5-6-17-15(9-14)16(7-8-21-17)19-10-12-1-3-13(11-20)4-2-12/h1-6,9,16,19-20H,7-8,10-11H2. The van der Waals surface area contributed by atoms with Crippen LogP contribution in [0.5, 0.6) is 5.75 Å². The lowest BCUT2D eigenvalue weighted by molar-refractivity contribution is 0.252. The fourth-order valence-electron chi connectivity index (χ4n) is 2.58. The molecule has 1 aliphatic heterocycles. The van der Waals surface area contributed by atoms with Gasteiger partial charge < -0.3 is 15.2 Å². The van der Waals surface area contributed by atoms with Crippen molar-refractivity contribution in [3.63, 3.8) is 0 Å². The number of benzene rings is 2. The van der Waals surface area contributed by atoms with Crippen molar-refractivity contribution in [2.45, 2.75) is 25.6 Å². The minimum absolute atomic E-state index is 0.0923. The number of fused-ring (bicyclic) bond motifs is 1. The molecule has 0 spiro atoms.